The second kappa shape index (κ2) is 4.07. The van der Waals surface area contributed by atoms with Gasteiger partial charge in [-0.15, -0.1) is 12.4 Å². The van der Waals surface area contributed by atoms with Crippen molar-refractivity contribution in [2.45, 2.75) is 32.0 Å². The fraction of sp³-hybridized carbons (Fsp3) is 1.00. The van der Waals surface area contributed by atoms with Crippen LogP contribution in [0.2, 0.25) is 0 Å². The van der Waals surface area contributed by atoms with Gasteiger partial charge in [0.1, 0.15) is 6.17 Å². The molecule has 0 aromatic rings. The van der Waals surface area contributed by atoms with Crippen LogP contribution in [0.1, 0.15) is 19.8 Å². The van der Waals surface area contributed by atoms with Crippen molar-refractivity contribution >= 4 is 12.4 Å². The van der Waals surface area contributed by atoms with Gasteiger partial charge in [-0.2, -0.15) is 0 Å². The van der Waals surface area contributed by atoms with Crippen LogP contribution in [0.5, 0.6) is 0 Å². The predicted octanol–water partition coefficient (Wildman–Crippen LogP) is 1.52. The molecule has 1 nitrogen and oxygen atoms in total. The van der Waals surface area contributed by atoms with Crippen LogP contribution in [0.25, 0.3) is 0 Å². The van der Waals surface area contributed by atoms with E-state index in [9.17, 15) is 4.39 Å². The van der Waals surface area contributed by atoms with Crippen LogP contribution in [0, 0.1) is 0 Å². The first-order valence-corrected chi connectivity index (χ1v) is 3.20. The van der Waals surface area contributed by atoms with E-state index in [-0.39, 0.29) is 12.4 Å². The van der Waals surface area contributed by atoms with E-state index in [1.54, 1.807) is 0 Å². The number of nitrogens with one attached hydrogen (secondary N) is 1. The molecule has 0 bridgehead atoms. The van der Waals surface area contributed by atoms with Crippen LogP contribution in [0.3, 0.4) is 0 Å². The lowest BCUT2D eigenvalue weighted by Gasteiger charge is -2.02. The zero-order valence-corrected chi connectivity index (χ0v) is 6.38. The molecule has 1 N–H and O–H groups in total. The minimum atomic E-state index is -0.583. The highest BCUT2D eigenvalue weighted by Crippen LogP contribution is 2.11. The fourth-order valence-electron chi connectivity index (χ4n) is 1.08. The standard InChI is InChI=1S/C6H12FN.ClH/c1-2-6-3-5(7)4-8-6;/h5-6,8H,2-4H2,1H3;1H. The van der Waals surface area contributed by atoms with Gasteiger partial charge in [-0.3, -0.25) is 0 Å². The summed E-state index contributed by atoms with van der Waals surface area (Å²) in [5.41, 5.74) is 0. The maximum absolute atomic E-state index is 12.3. The average molecular weight is 154 g/mol. The van der Waals surface area contributed by atoms with Gasteiger partial charge < -0.3 is 5.32 Å². The molecule has 1 heterocycles. The molecule has 2 atom stereocenters. The van der Waals surface area contributed by atoms with Gasteiger partial charge in [-0.05, 0) is 12.8 Å². The van der Waals surface area contributed by atoms with Crippen molar-refractivity contribution < 1.29 is 4.39 Å². The van der Waals surface area contributed by atoms with Crippen LogP contribution >= 0.6 is 12.4 Å². The Kier molecular flexibility index (Phi) is 4.15. The molecule has 0 aromatic carbocycles. The van der Waals surface area contributed by atoms with Crippen molar-refractivity contribution in [3.05, 3.63) is 0 Å². The Labute approximate surface area is 61.4 Å². The van der Waals surface area contributed by atoms with E-state index in [1.165, 1.54) is 0 Å². The van der Waals surface area contributed by atoms with Gasteiger partial charge in [0.2, 0.25) is 0 Å². The first-order valence-electron chi connectivity index (χ1n) is 3.20. The summed E-state index contributed by atoms with van der Waals surface area (Å²) in [6, 6.07) is 0.449. The Hall–Kier alpha value is 0.180. The lowest BCUT2D eigenvalue weighted by molar-refractivity contribution is 0.354. The second-order valence-corrected chi connectivity index (χ2v) is 2.35. The molecule has 1 fully saturated rings. The zero-order chi connectivity index (χ0) is 5.98. The van der Waals surface area contributed by atoms with E-state index in [1.807, 2.05) is 0 Å². The molecule has 0 radical (unpaired) electrons. The highest BCUT2D eigenvalue weighted by Gasteiger charge is 2.20. The normalized spacial score (nSPS) is 34.0. The molecule has 0 saturated carbocycles. The molecule has 1 aliphatic heterocycles. The van der Waals surface area contributed by atoms with Gasteiger partial charge in [0.25, 0.3) is 0 Å². The van der Waals surface area contributed by atoms with Crippen LogP contribution in [-0.4, -0.2) is 18.8 Å². The number of rotatable bonds is 1. The lowest BCUT2D eigenvalue weighted by atomic mass is 10.2. The highest BCUT2D eigenvalue weighted by molar-refractivity contribution is 5.85. The molecule has 2 unspecified atom stereocenters. The largest absolute Gasteiger partial charge is 0.311 e. The van der Waals surface area contributed by atoms with E-state index in [2.05, 4.69) is 12.2 Å². The number of halogens is 2. The van der Waals surface area contributed by atoms with Crippen molar-refractivity contribution in [3.8, 4) is 0 Å². The Balaban J connectivity index is 0.000000640. The Bertz CT molecular complexity index is 79.5. The average Bonchev–Trinajstić information content (AvgIpc) is 2.14. The first kappa shape index (κ1) is 9.18. The molecule has 1 rings (SSSR count). The first-order chi connectivity index (χ1) is 3.83. The molecule has 9 heavy (non-hydrogen) atoms. The number of hydrogen-bond donors (Lipinski definition) is 1. The summed E-state index contributed by atoms with van der Waals surface area (Å²) < 4.78 is 12.3. The second-order valence-electron chi connectivity index (χ2n) is 2.35. The summed E-state index contributed by atoms with van der Waals surface area (Å²) in [7, 11) is 0. The van der Waals surface area contributed by atoms with Crippen molar-refractivity contribution in [2.24, 2.45) is 0 Å². The molecule has 0 aromatic heterocycles. The third-order valence-corrected chi connectivity index (χ3v) is 1.66. The molecular weight excluding hydrogens is 141 g/mol. The van der Waals surface area contributed by atoms with E-state index in [0.29, 0.717) is 12.6 Å². The van der Waals surface area contributed by atoms with Gasteiger partial charge in [0.05, 0.1) is 0 Å². The van der Waals surface area contributed by atoms with Crippen LogP contribution in [0.15, 0.2) is 0 Å². The summed E-state index contributed by atoms with van der Waals surface area (Å²) in [5, 5.41) is 3.08. The quantitative estimate of drug-likeness (QED) is 0.603. The van der Waals surface area contributed by atoms with E-state index in [0.717, 1.165) is 12.8 Å². The van der Waals surface area contributed by atoms with E-state index < -0.39 is 6.17 Å². The maximum Gasteiger partial charge on any atom is 0.114 e. The van der Waals surface area contributed by atoms with E-state index in [4.69, 9.17) is 0 Å². The van der Waals surface area contributed by atoms with Crippen molar-refractivity contribution in [1.82, 2.24) is 5.32 Å². The molecular formula is C6H13ClFN. The highest BCUT2D eigenvalue weighted by atomic mass is 35.5. The predicted molar refractivity (Wildman–Crippen MR) is 38.8 cm³/mol. The summed E-state index contributed by atoms with van der Waals surface area (Å²) >= 11 is 0. The molecule has 1 saturated heterocycles. The van der Waals surface area contributed by atoms with Crippen LogP contribution < -0.4 is 5.32 Å². The van der Waals surface area contributed by atoms with Gasteiger partial charge in [-0.1, -0.05) is 6.92 Å². The Morgan fingerprint density at radius 2 is 2.33 bits per heavy atom. The van der Waals surface area contributed by atoms with Gasteiger partial charge in [-0.25, -0.2) is 4.39 Å². The van der Waals surface area contributed by atoms with Crippen molar-refractivity contribution in [3.63, 3.8) is 0 Å². The Morgan fingerprint density at radius 3 is 2.56 bits per heavy atom. The minimum Gasteiger partial charge on any atom is -0.311 e. The van der Waals surface area contributed by atoms with Crippen molar-refractivity contribution in [1.29, 1.82) is 0 Å². The molecule has 1 aliphatic rings. The van der Waals surface area contributed by atoms with Gasteiger partial charge in [0, 0.05) is 12.6 Å². The molecule has 0 spiro atoms. The molecule has 56 valence electrons. The number of hydrogen-bond acceptors (Lipinski definition) is 1. The monoisotopic (exact) mass is 153 g/mol. The van der Waals surface area contributed by atoms with Gasteiger partial charge in [0.15, 0.2) is 0 Å². The zero-order valence-electron chi connectivity index (χ0n) is 5.56. The Morgan fingerprint density at radius 1 is 1.67 bits per heavy atom. The smallest absolute Gasteiger partial charge is 0.114 e. The summed E-state index contributed by atoms with van der Waals surface area (Å²) in [5.74, 6) is 0. The van der Waals surface area contributed by atoms with Gasteiger partial charge >= 0.3 is 0 Å². The lowest BCUT2D eigenvalue weighted by Crippen LogP contribution is -2.19. The molecule has 3 heteroatoms. The summed E-state index contributed by atoms with van der Waals surface area (Å²) in [6.07, 6.45) is 1.19. The third-order valence-electron chi connectivity index (χ3n) is 1.66. The summed E-state index contributed by atoms with van der Waals surface area (Å²) in [6.45, 7) is 2.65. The minimum absolute atomic E-state index is 0. The topological polar surface area (TPSA) is 12.0 Å². The SMILES string of the molecule is CCC1CC(F)CN1.Cl. The van der Waals surface area contributed by atoms with Crippen LogP contribution in [0.4, 0.5) is 4.39 Å². The third kappa shape index (κ3) is 2.50. The number of alkyl halides is 1. The van der Waals surface area contributed by atoms with Crippen LogP contribution in [-0.2, 0) is 0 Å². The maximum atomic E-state index is 12.3. The molecule has 0 amide bonds. The fourth-order valence-corrected chi connectivity index (χ4v) is 1.08. The molecule has 0 aliphatic carbocycles. The van der Waals surface area contributed by atoms with Crippen molar-refractivity contribution in [2.75, 3.05) is 6.54 Å². The van der Waals surface area contributed by atoms with E-state index >= 15 is 0 Å². The summed E-state index contributed by atoms with van der Waals surface area (Å²) in [4.78, 5) is 0.